The van der Waals surface area contributed by atoms with Gasteiger partial charge in [0.05, 0.1) is 5.02 Å². The van der Waals surface area contributed by atoms with Crippen LogP contribution >= 0.6 is 27.5 Å². The molecule has 22 heavy (non-hydrogen) atoms. The number of hydrogen-bond acceptors (Lipinski definition) is 2. The number of fused-ring (bicyclic) bond motifs is 1. The number of phenolic OH excluding ortho intramolecular Hbond substituents is 1. The summed E-state index contributed by atoms with van der Waals surface area (Å²) in [6, 6.07) is 12.7. The molecule has 0 spiro atoms. The molecule has 2 atom stereocenters. The highest BCUT2D eigenvalue weighted by Gasteiger charge is 2.30. The van der Waals surface area contributed by atoms with Gasteiger partial charge in [-0.2, -0.15) is 0 Å². The Morgan fingerprint density at radius 1 is 1.23 bits per heavy atom. The van der Waals surface area contributed by atoms with Gasteiger partial charge in [0.15, 0.2) is 0 Å². The van der Waals surface area contributed by atoms with Gasteiger partial charge in [-0.15, -0.1) is 0 Å². The molecule has 0 heterocycles. The molecule has 0 amide bonds. The second-order valence-electron chi connectivity index (χ2n) is 6.17. The third-order valence-electron chi connectivity index (χ3n) is 4.53. The Hall–Kier alpha value is -1.03. The first-order valence-electron chi connectivity index (χ1n) is 7.39. The molecule has 2 unspecified atom stereocenters. The molecule has 2 aromatic rings. The standard InChI is InChI=1S/C18H19BrClNO/c1-21(2)14-7-12-8-17(20)18(22)10-16(12)15(9-14)11-4-3-5-13(19)6-11/h3-6,8,10,14-15,22H,7,9H2,1-2H3. The molecule has 116 valence electrons. The number of benzene rings is 2. The summed E-state index contributed by atoms with van der Waals surface area (Å²) in [5, 5.41) is 10.5. The number of phenols is 1. The van der Waals surface area contributed by atoms with Crippen molar-refractivity contribution < 1.29 is 5.11 Å². The van der Waals surface area contributed by atoms with Gasteiger partial charge in [0.25, 0.3) is 0 Å². The number of hydrogen-bond donors (Lipinski definition) is 1. The zero-order valence-electron chi connectivity index (χ0n) is 12.7. The third-order valence-corrected chi connectivity index (χ3v) is 5.32. The number of halogens is 2. The van der Waals surface area contributed by atoms with Crippen molar-refractivity contribution in [2.24, 2.45) is 0 Å². The van der Waals surface area contributed by atoms with Gasteiger partial charge in [-0.05, 0) is 67.9 Å². The highest BCUT2D eigenvalue weighted by molar-refractivity contribution is 9.10. The van der Waals surface area contributed by atoms with Gasteiger partial charge in [-0.3, -0.25) is 0 Å². The quantitative estimate of drug-likeness (QED) is 0.807. The first kappa shape index (κ1) is 15.9. The van der Waals surface area contributed by atoms with Crippen molar-refractivity contribution in [3.8, 4) is 5.75 Å². The molecule has 0 fully saturated rings. The van der Waals surface area contributed by atoms with E-state index in [9.17, 15) is 5.11 Å². The summed E-state index contributed by atoms with van der Waals surface area (Å²) in [7, 11) is 4.24. The lowest BCUT2D eigenvalue weighted by atomic mass is 9.76. The van der Waals surface area contributed by atoms with E-state index in [1.54, 1.807) is 0 Å². The molecule has 4 heteroatoms. The average molecular weight is 381 g/mol. The molecule has 0 bridgehead atoms. The maximum absolute atomic E-state index is 10.0. The fourth-order valence-electron chi connectivity index (χ4n) is 3.29. The lowest BCUT2D eigenvalue weighted by Crippen LogP contribution is -2.35. The number of nitrogens with zero attached hydrogens (tertiary/aromatic N) is 1. The summed E-state index contributed by atoms with van der Waals surface area (Å²) >= 11 is 9.68. The van der Waals surface area contributed by atoms with Crippen LogP contribution in [-0.2, 0) is 6.42 Å². The van der Waals surface area contributed by atoms with E-state index in [0.29, 0.717) is 11.1 Å². The third kappa shape index (κ3) is 3.03. The Labute approximate surface area is 144 Å². The van der Waals surface area contributed by atoms with Crippen LogP contribution in [0.5, 0.6) is 5.75 Å². The molecule has 2 nitrogen and oxygen atoms in total. The van der Waals surface area contributed by atoms with Gasteiger partial charge in [0.2, 0.25) is 0 Å². The smallest absolute Gasteiger partial charge is 0.134 e. The molecule has 1 aliphatic rings. The maximum atomic E-state index is 10.0. The minimum atomic E-state index is 0.170. The number of likely N-dealkylation sites (N-methyl/N-ethyl adjacent to an activating group) is 1. The van der Waals surface area contributed by atoms with Crippen LogP contribution in [0.1, 0.15) is 29.0 Å². The van der Waals surface area contributed by atoms with Crippen molar-refractivity contribution in [2.75, 3.05) is 14.1 Å². The molecule has 1 aliphatic carbocycles. The van der Waals surface area contributed by atoms with E-state index in [1.165, 1.54) is 16.7 Å². The van der Waals surface area contributed by atoms with Crippen molar-refractivity contribution in [2.45, 2.75) is 24.8 Å². The van der Waals surface area contributed by atoms with E-state index in [-0.39, 0.29) is 11.7 Å². The maximum Gasteiger partial charge on any atom is 0.134 e. The fraction of sp³-hybridized carbons (Fsp3) is 0.333. The molecule has 0 radical (unpaired) electrons. The molecule has 1 N–H and O–H groups in total. The molecule has 0 aromatic heterocycles. The van der Waals surface area contributed by atoms with Crippen LogP contribution in [0.4, 0.5) is 0 Å². The predicted molar refractivity (Wildman–Crippen MR) is 94.9 cm³/mol. The fourth-order valence-corrected chi connectivity index (χ4v) is 3.89. The zero-order chi connectivity index (χ0) is 15.9. The van der Waals surface area contributed by atoms with Crippen LogP contribution in [-0.4, -0.2) is 30.1 Å². The lowest BCUT2D eigenvalue weighted by molar-refractivity contribution is 0.258. The van der Waals surface area contributed by atoms with Gasteiger partial charge < -0.3 is 10.0 Å². The van der Waals surface area contributed by atoms with Crippen molar-refractivity contribution >= 4 is 27.5 Å². The van der Waals surface area contributed by atoms with E-state index in [1.807, 2.05) is 18.2 Å². The van der Waals surface area contributed by atoms with E-state index in [0.717, 1.165) is 17.3 Å². The molecular formula is C18H19BrClNO. The molecule has 2 aromatic carbocycles. The first-order chi connectivity index (χ1) is 10.5. The van der Waals surface area contributed by atoms with Crippen molar-refractivity contribution in [1.82, 2.24) is 4.90 Å². The van der Waals surface area contributed by atoms with Crippen LogP contribution < -0.4 is 0 Å². The molecule has 0 saturated heterocycles. The number of aromatic hydroxyl groups is 1. The van der Waals surface area contributed by atoms with E-state index in [2.05, 4.69) is 53.1 Å². The topological polar surface area (TPSA) is 23.5 Å². The Morgan fingerprint density at radius 2 is 2.00 bits per heavy atom. The summed E-state index contributed by atoms with van der Waals surface area (Å²) < 4.78 is 1.08. The van der Waals surface area contributed by atoms with Crippen LogP contribution in [0.2, 0.25) is 5.02 Å². The normalized spacial score (nSPS) is 21.0. The SMILES string of the molecule is CN(C)C1Cc2cc(Cl)c(O)cc2C(c2cccc(Br)c2)C1. The monoisotopic (exact) mass is 379 g/mol. The van der Waals surface area contributed by atoms with Crippen molar-refractivity contribution in [3.63, 3.8) is 0 Å². The van der Waals surface area contributed by atoms with Crippen LogP contribution in [0.25, 0.3) is 0 Å². The van der Waals surface area contributed by atoms with Gasteiger partial charge in [0.1, 0.15) is 5.75 Å². The second-order valence-corrected chi connectivity index (χ2v) is 7.49. The number of rotatable bonds is 2. The molecule has 0 aliphatic heterocycles. The van der Waals surface area contributed by atoms with Crippen LogP contribution in [0, 0.1) is 0 Å². The van der Waals surface area contributed by atoms with Crippen LogP contribution in [0.3, 0.4) is 0 Å². The Balaban J connectivity index is 2.11. The highest BCUT2D eigenvalue weighted by Crippen LogP contribution is 2.42. The van der Waals surface area contributed by atoms with Gasteiger partial charge in [0, 0.05) is 16.4 Å². The first-order valence-corrected chi connectivity index (χ1v) is 8.56. The summed E-state index contributed by atoms with van der Waals surface area (Å²) in [6.45, 7) is 0. The summed E-state index contributed by atoms with van der Waals surface area (Å²) in [4.78, 5) is 2.27. The molecule has 0 saturated carbocycles. The Kier molecular flexibility index (Phi) is 4.49. The highest BCUT2D eigenvalue weighted by atomic mass is 79.9. The van der Waals surface area contributed by atoms with Gasteiger partial charge in [-0.1, -0.05) is 39.7 Å². The molecular weight excluding hydrogens is 362 g/mol. The predicted octanol–water partition coefficient (Wildman–Crippen LogP) is 4.82. The molecule has 3 rings (SSSR count). The summed E-state index contributed by atoms with van der Waals surface area (Å²) in [6.07, 6.45) is 2.00. The second kappa shape index (κ2) is 6.23. The summed E-state index contributed by atoms with van der Waals surface area (Å²) in [5.74, 6) is 0.445. The van der Waals surface area contributed by atoms with Gasteiger partial charge in [-0.25, -0.2) is 0 Å². The van der Waals surface area contributed by atoms with Crippen molar-refractivity contribution in [3.05, 3.63) is 62.6 Å². The van der Waals surface area contributed by atoms with Gasteiger partial charge >= 0.3 is 0 Å². The Morgan fingerprint density at radius 3 is 2.68 bits per heavy atom. The average Bonchev–Trinajstić information content (AvgIpc) is 2.47. The Bertz CT molecular complexity index is 701. The zero-order valence-corrected chi connectivity index (χ0v) is 15.0. The lowest BCUT2D eigenvalue weighted by Gasteiger charge is -2.36. The van der Waals surface area contributed by atoms with Crippen LogP contribution in [0.15, 0.2) is 40.9 Å². The minimum absolute atomic E-state index is 0.170. The largest absolute Gasteiger partial charge is 0.506 e. The van der Waals surface area contributed by atoms with E-state index < -0.39 is 0 Å². The minimum Gasteiger partial charge on any atom is -0.506 e. The van der Waals surface area contributed by atoms with Crippen molar-refractivity contribution in [1.29, 1.82) is 0 Å². The summed E-state index contributed by atoms with van der Waals surface area (Å²) in [5.41, 5.74) is 3.69. The van der Waals surface area contributed by atoms with E-state index >= 15 is 0 Å². The van der Waals surface area contributed by atoms with E-state index in [4.69, 9.17) is 11.6 Å².